The van der Waals surface area contributed by atoms with Gasteiger partial charge in [-0.05, 0) is 0 Å². The van der Waals surface area contributed by atoms with Crippen LogP contribution in [0, 0.1) is 0 Å². The van der Waals surface area contributed by atoms with Crippen LogP contribution in [-0.2, 0) is 14.2 Å². The van der Waals surface area contributed by atoms with E-state index in [9.17, 15) is 40.5 Å². The summed E-state index contributed by atoms with van der Waals surface area (Å²) in [7, 11) is 2.46. The van der Waals surface area contributed by atoms with Gasteiger partial charge >= 0.3 is 0 Å². The number of phenols is 1. The van der Waals surface area contributed by atoms with Gasteiger partial charge in [0.05, 0.1) is 27.4 Å². The lowest BCUT2D eigenvalue weighted by Crippen LogP contribution is -2.61. The maximum atomic E-state index is 13.7. The number of aromatic hydroxyl groups is 1. The molecule has 9 atom stereocenters. The molecule has 15 heteroatoms. The van der Waals surface area contributed by atoms with Crippen LogP contribution in [0.2, 0.25) is 0 Å². The smallest absolute Gasteiger partial charge is 0.239 e. The Morgan fingerprint density at radius 1 is 0.837 bits per heavy atom. The van der Waals surface area contributed by atoms with E-state index in [0.29, 0.717) is 5.56 Å². The summed E-state index contributed by atoms with van der Waals surface area (Å²) in [5.41, 5.74) is -0.338. The summed E-state index contributed by atoms with van der Waals surface area (Å²) in [4.78, 5) is 13.7. The lowest BCUT2D eigenvalue weighted by atomic mass is 9.99. The molecule has 0 unspecified atom stereocenters. The maximum Gasteiger partial charge on any atom is 0.239 e. The molecule has 1 aromatic heterocycles. The van der Waals surface area contributed by atoms with Gasteiger partial charge in [-0.2, -0.15) is 0 Å². The molecule has 2 fully saturated rings. The first-order chi connectivity index (χ1) is 20.6. The van der Waals surface area contributed by atoms with Crippen molar-refractivity contribution in [3.63, 3.8) is 0 Å². The standard InChI is InChI=1S/C28H32O15/c1-37-24-12(29)8-14-16(19(33)26(38-2)23(41-14)11-6-4-3-5-7-11)25(24)43-28-22(36)20(34)18(32)15(42-28)10-40-27-21(35)17(31)13(30)9-39-27/h3-8,13,15,17-18,20-22,27-32,34-36H,9-10H2,1-2H3/t13-,15+,17+,18+,20-,21+,22+,27-,28-/m0/s1. The zero-order chi connectivity index (χ0) is 31.0. The topological polar surface area (TPSA) is 227 Å². The molecule has 0 amide bonds. The van der Waals surface area contributed by atoms with E-state index in [2.05, 4.69) is 0 Å². The lowest BCUT2D eigenvalue weighted by Gasteiger charge is -2.41. The molecule has 3 heterocycles. The van der Waals surface area contributed by atoms with E-state index in [0.717, 1.165) is 6.07 Å². The average molecular weight is 609 g/mol. The number of fused-ring (bicyclic) bond motifs is 1. The highest BCUT2D eigenvalue weighted by Crippen LogP contribution is 2.45. The van der Waals surface area contributed by atoms with E-state index in [1.165, 1.54) is 14.2 Å². The molecular weight excluding hydrogens is 576 g/mol. The van der Waals surface area contributed by atoms with Crippen molar-refractivity contribution in [3.05, 3.63) is 46.6 Å². The molecule has 2 saturated heterocycles. The van der Waals surface area contributed by atoms with Gasteiger partial charge in [-0.1, -0.05) is 30.3 Å². The van der Waals surface area contributed by atoms with Crippen molar-refractivity contribution in [3.8, 4) is 34.3 Å². The second-order valence-electron chi connectivity index (χ2n) is 10.0. The molecule has 15 nitrogen and oxygen atoms in total. The summed E-state index contributed by atoms with van der Waals surface area (Å²) >= 11 is 0. The number of aliphatic hydroxyl groups is 6. The fraction of sp³-hybridized carbons (Fsp3) is 0.464. The monoisotopic (exact) mass is 608 g/mol. The van der Waals surface area contributed by atoms with Gasteiger partial charge in [0, 0.05) is 11.6 Å². The number of methoxy groups -OCH3 is 2. The average Bonchev–Trinajstić information content (AvgIpc) is 3.00. The molecule has 7 N–H and O–H groups in total. The Balaban J connectivity index is 1.49. The van der Waals surface area contributed by atoms with Crippen LogP contribution in [0.15, 0.2) is 45.6 Å². The second-order valence-corrected chi connectivity index (χ2v) is 10.0. The van der Waals surface area contributed by atoms with Crippen molar-refractivity contribution in [2.75, 3.05) is 27.4 Å². The number of hydrogen-bond acceptors (Lipinski definition) is 15. The van der Waals surface area contributed by atoms with Crippen molar-refractivity contribution < 1.29 is 68.6 Å². The Kier molecular flexibility index (Phi) is 9.07. The molecular formula is C28H32O15. The quantitative estimate of drug-likeness (QED) is 0.160. The van der Waals surface area contributed by atoms with Gasteiger partial charge in [0.25, 0.3) is 0 Å². The van der Waals surface area contributed by atoms with E-state index in [1.807, 2.05) is 0 Å². The minimum Gasteiger partial charge on any atom is -0.504 e. The van der Waals surface area contributed by atoms with Crippen LogP contribution in [0.3, 0.4) is 0 Å². The Bertz CT molecular complexity index is 1480. The minimum absolute atomic E-state index is 0.0746. The molecule has 3 aromatic rings. The second kappa shape index (κ2) is 12.6. The largest absolute Gasteiger partial charge is 0.504 e. The van der Waals surface area contributed by atoms with E-state index in [4.69, 9.17) is 32.8 Å². The molecule has 5 rings (SSSR count). The SMILES string of the molecule is COc1c(O)cc2oc(-c3ccccc3)c(OC)c(=O)c2c1O[C@@H]1O[C@H](CO[C@@H]2OC[C@H](O)[C@@H](O)[C@H]2O)[C@@H](O)[C@H](O)[C@H]1O. The Labute approximate surface area is 243 Å². The number of aliphatic hydroxyl groups excluding tert-OH is 6. The Hall–Kier alpha value is -3.51. The van der Waals surface area contributed by atoms with Crippen LogP contribution in [0.1, 0.15) is 0 Å². The van der Waals surface area contributed by atoms with Crippen molar-refractivity contribution in [1.29, 1.82) is 0 Å². The van der Waals surface area contributed by atoms with Crippen LogP contribution >= 0.6 is 0 Å². The molecule has 2 aliphatic heterocycles. The molecule has 0 spiro atoms. The summed E-state index contributed by atoms with van der Waals surface area (Å²) in [6.45, 7) is -0.879. The highest BCUT2D eigenvalue weighted by Gasteiger charge is 2.47. The predicted octanol–water partition coefficient (Wildman–Crippen LogP) is -1.18. The number of phenolic OH excluding ortho intramolecular Hbond substituents is 1. The third-order valence-corrected chi connectivity index (χ3v) is 7.26. The van der Waals surface area contributed by atoms with Crippen LogP contribution in [-0.4, -0.2) is 118 Å². The van der Waals surface area contributed by atoms with Gasteiger partial charge in [-0.15, -0.1) is 0 Å². The van der Waals surface area contributed by atoms with Crippen LogP contribution in [0.4, 0.5) is 0 Å². The molecule has 234 valence electrons. The van der Waals surface area contributed by atoms with Gasteiger partial charge in [-0.3, -0.25) is 4.79 Å². The maximum absolute atomic E-state index is 13.7. The third-order valence-electron chi connectivity index (χ3n) is 7.26. The number of benzene rings is 2. The molecule has 0 aliphatic carbocycles. The zero-order valence-electron chi connectivity index (χ0n) is 23.0. The summed E-state index contributed by atoms with van der Waals surface area (Å²) in [5, 5.41) is 71.9. The zero-order valence-corrected chi connectivity index (χ0v) is 23.0. The fourth-order valence-electron chi connectivity index (χ4n) is 4.93. The first-order valence-electron chi connectivity index (χ1n) is 13.2. The van der Waals surface area contributed by atoms with E-state index in [-0.39, 0.29) is 34.8 Å². The van der Waals surface area contributed by atoms with Gasteiger partial charge < -0.3 is 68.6 Å². The third kappa shape index (κ3) is 5.74. The molecule has 0 saturated carbocycles. The van der Waals surface area contributed by atoms with Crippen LogP contribution < -0.4 is 19.6 Å². The summed E-state index contributed by atoms with van der Waals surface area (Å²) in [5.74, 6) is -1.36. The van der Waals surface area contributed by atoms with Gasteiger partial charge in [-0.25, -0.2) is 0 Å². The minimum atomic E-state index is -1.88. The molecule has 0 bridgehead atoms. The molecule has 0 radical (unpaired) electrons. The van der Waals surface area contributed by atoms with Crippen molar-refractivity contribution in [2.24, 2.45) is 0 Å². The van der Waals surface area contributed by atoms with Crippen LogP contribution in [0.5, 0.6) is 23.0 Å². The highest BCUT2D eigenvalue weighted by molar-refractivity contribution is 5.91. The van der Waals surface area contributed by atoms with E-state index < -0.39 is 78.8 Å². The first-order valence-corrected chi connectivity index (χ1v) is 13.2. The number of hydrogen-bond donors (Lipinski definition) is 7. The lowest BCUT2D eigenvalue weighted by molar-refractivity contribution is -0.307. The fourth-order valence-corrected chi connectivity index (χ4v) is 4.93. The van der Waals surface area contributed by atoms with E-state index in [1.54, 1.807) is 30.3 Å². The summed E-state index contributed by atoms with van der Waals surface area (Å²) in [6, 6.07) is 9.75. The normalized spacial score (nSPS) is 31.1. The van der Waals surface area contributed by atoms with Crippen molar-refractivity contribution >= 4 is 11.0 Å². The van der Waals surface area contributed by atoms with Crippen LogP contribution in [0.25, 0.3) is 22.3 Å². The molecule has 43 heavy (non-hydrogen) atoms. The number of rotatable bonds is 8. The summed E-state index contributed by atoms with van der Waals surface area (Å²) < 4.78 is 38.7. The van der Waals surface area contributed by atoms with Gasteiger partial charge in [0.15, 0.2) is 23.5 Å². The Morgan fingerprint density at radius 3 is 2.19 bits per heavy atom. The van der Waals surface area contributed by atoms with Crippen molar-refractivity contribution in [1.82, 2.24) is 0 Å². The molecule has 2 aromatic carbocycles. The molecule has 2 aliphatic rings. The van der Waals surface area contributed by atoms with Gasteiger partial charge in [0.1, 0.15) is 53.7 Å². The first kappa shape index (κ1) is 30.9. The van der Waals surface area contributed by atoms with Crippen molar-refractivity contribution in [2.45, 2.75) is 55.3 Å². The number of ether oxygens (including phenoxy) is 6. The summed E-state index contributed by atoms with van der Waals surface area (Å²) in [6.07, 6.45) is -14.5. The van der Waals surface area contributed by atoms with Gasteiger partial charge in [0.2, 0.25) is 23.2 Å². The Morgan fingerprint density at radius 2 is 1.51 bits per heavy atom. The van der Waals surface area contributed by atoms with E-state index >= 15 is 0 Å². The predicted molar refractivity (Wildman–Crippen MR) is 144 cm³/mol. The highest BCUT2D eigenvalue weighted by atomic mass is 16.7.